The summed E-state index contributed by atoms with van der Waals surface area (Å²) in [6.07, 6.45) is 3.13. The number of rotatable bonds is 7. The lowest BCUT2D eigenvalue weighted by atomic mass is 10.1. The standard InChI is InChI=1S/C19H21FN2O2/c1-2-3-6-13-21-18(23)14-9-11-15(12-10-14)19(24)22-17-8-5-4-7-16(17)20/h4-5,7-12H,2-3,6,13H2,1H3,(H,21,23)(H,22,24). The van der Waals surface area contributed by atoms with Gasteiger partial charge in [0.25, 0.3) is 11.8 Å². The molecule has 0 atom stereocenters. The van der Waals surface area contributed by atoms with Crippen LogP contribution in [0.1, 0.15) is 46.9 Å². The van der Waals surface area contributed by atoms with Gasteiger partial charge in [0.2, 0.25) is 0 Å². The highest BCUT2D eigenvalue weighted by atomic mass is 19.1. The zero-order chi connectivity index (χ0) is 17.4. The molecule has 0 aliphatic carbocycles. The van der Waals surface area contributed by atoms with Crippen LogP contribution in [0.3, 0.4) is 0 Å². The minimum absolute atomic E-state index is 0.125. The van der Waals surface area contributed by atoms with E-state index in [1.54, 1.807) is 36.4 Å². The Morgan fingerprint density at radius 1 is 0.917 bits per heavy atom. The van der Waals surface area contributed by atoms with Gasteiger partial charge in [0, 0.05) is 17.7 Å². The maximum atomic E-state index is 13.5. The number of amides is 2. The molecule has 2 amide bonds. The van der Waals surface area contributed by atoms with Gasteiger partial charge in [-0.3, -0.25) is 9.59 Å². The molecule has 0 radical (unpaired) electrons. The topological polar surface area (TPSA) is 58.2 Å². The number of hydrogen-bond donors (Lipinski definition) is 2. The van der Waals surface area contributed by atoms with Gasteiger partial charge in [0.05, 0.1) is 5.69 Å². The number of anilines is 1. The minimum Gasteiger partial charge on any atom is -0.352 e. The lowest BCUT2D eigenvalue weighted by Gasteiger charge is -2.08. The molecule has 5 heteroatoms. The molecule has 24 heavy (non-hydrogen) atoms. The van der Waals surface area contributed by atoms with Crippen molar-refractivity contribution in [2.24, 2.45) is 0 Å². The van der Waals surface area contributed by atoms with E-state index >= 15 is 0 Å². The third-order valence-electron chi connectivity index (χ3n) is 3.60. The zero-order valence-electron chi connectivity index (χ0n) is 13.6. The molecule has 0 aliphatic rings. The number of benzene rings is 2. The third-order valence-corrected chi connectivity index (χ3v) is 3.60. The van der Waals surface area contributed by atoms with Gasteiger partial charge >= 0.3 is 0 Å². The van der Waals surface area contributed by atoms with Gasteiger partial charge in [-0.1, -0.05) is 31.9 Å². The molecule has 0 bridgehead atoms. The molecular weight excluding hydrogens is 307 g/mol. The molecular formula is C19H21FN2O2. The lowest BCUT2D eigenvalue weighted by molar-refractivity contribution is 0.0951. The van der Waals surface area contributed by atoms with Crippen molar-refractivity contribution in [3.63, 3.8) is 0 Å². The Labute approximate surface area is 141 Å². The van der Waals surface area contributed by atoms with E-state index < -0.39 is 11.7 Å². The van der Waals surface area contributed by atoms with E-state index in [9.17, 15) is 14.0 Å². The van der Waals surface area contributed by atoms with E-state index in [0.717, 1.165) is 19.3 Å². The Morgan fingerprint density at radius 3 is 2.17 bits per heavy atom. The Bertz CT molecular complexity index is 699. The molecule has 126 valence electrons. The number of carbonyl (C=O) groups is 2. The van der Waals surface area contributed by atoms with Gasteiger partial charge in [-0.25, -0.2) is 4.39 Å². The fourth-order valence-electron chi connectivity index (χ4n) is 2.21. The second kappa shape index (κ2) is 8.82. The first-order valence-corrected chi connectivity index (χ1v) is 8.06. The summed E-state index contributed by atoms with van der Waals surface area (Å²) >= 11 is 0. The van der Waals surface area contributed by atoms with Gasteiger partial charge in [-0.15, -0.1) is 0 Å². The first kappa shape index (κ1) is 17.7. The van der Waals surface area contributed by atoms with Gasteiger partial charge in [0.1, 0.15) is 5.82 Å². The second-order valence-electron chi connectivity index (χ2n) is 5.47. The van der Waals surface area contributed by atoms with E-state index in [1.807, 2.05) is 0 Å². The molecule has 0 saturated heterocycles. The van der Waals surface area contributed by atoms with E-state index in [4.69, 9.17) is 0 Å². The predicted octanol–water partition coefficient (Wildman–Crippen LogP) is 4.00. The summed E-state index contributed by atoms with van der Waals surface area (Å²) in [7, 11) is 0. The largest absolute Gasteiger partial charge is 0.352 e. The van der Waals surface area contributed by atoms with Gasteiger partial charge < -0.3 is 10.6 Å². The fourth-order valence-corrected chi connectivity index (χ4v) is 2.21. The third kappa shape index (κ3) is 4.91. The van der Waals surface area contributed by atoms with Crippen molar-refractivity contribution < 1.29 is 14.0 Å². The lowest BCUT2D eigenvalue weighted by Crippen LogP contribution is -2.24. The maximum Gasteiger partial charge on any atom is 0.255 e. The van der Waals surface area contributed by atoms with Crippen LogP contribution in [0.25, 0.3) is 0 Å². The first-order chi connectivity index (χ1) is 11.6. The number of nitrogens with one attached hydrogen (secondary N) is 2. The number of halogens is 1. The van der Waals surface area contributed by atoms with E-state index in [-0.39, 0.29) is 11.6 Å². The van der Waals surface area contributed by atoms with Gasteiger partial charge in [0.15, 0.2) is 0 Å². The Morgan fingerprint density at radius 2 is 1.54 bits per heavy atom. The summed E-state index contributed by atoms with van der Waals surface area (Å²) in [5.74, 6) is -1.07. The minimum atomic E-state index is -0.492. The molecule has 0 saturated carbocycles. The molecule has 0 spiro atoms. The van der Waals surface area contributed by atoms with E-state index in [0.29, 0.717) is 17.7 Å². The molecule has 4 nitrogen and oxygen atoms in total. The number of unbranched alkanes of at least 4 members (excludes halogenated alkanes) is 2. The molecule has 0 unspecified atom stereocenters. The molecule has 0 aliphatic heterocycles. The molecule has 2 rings (SSSR count). The van der Waals surface area contributed by atoms with E-state index in [1.165, 1.54) is 12.1 Å². The molecule has 0 fully saturated rings. The Hall–Kier alpha value is -2.69. The highest BCUT2D eigenvalue weighted by Gasteiger charge is 2.10. The monoisotopic (exact) mass is 328 g/mol. The highest BCUT2D eigenvalue weighted by molar-refractivity contribution is 6.05. The summed E-state index contributed by atoms with van der Waals surface area (Å²) in [6.45, 7) is 2.75. The molecule has 2 aromatic carbocycles. The second-order valence-corrected chi connectivity index (χ2v) is 5.47. The van der Waals surface area contributed by atoms with Crippen molar-refractivity contribution in [3.8, 4) is 0 Å². The van der Waals surface area contributed by atoms with Crippen LogP contribution in [0.5, 0.6) is 0 Å². The van der Waals surface area contributed by atoms with Crippen LogP contribution >= 0.6 is 0 Å². The smallest absolute Gasteiger partial charge is 0.255 e. The molecule has 2 N–H and O–H groups in total. The van der Waals surface area contributed by atoms with Crippen molar-refractivity contribution in [1.82, 2.24) is 5.32 Å². The van der Waals surface area contributed by atoms with Gasteiger partial charge in [-0.05, 0) is 42.8 Å². The first-order valence-electron chi connectivity index (χ1n) is 8.06. The molecule has 2 aromatic rings. The van der Waals surface area contributed by atoms with Crippen molar-refractivity contribution in [3.05, 3.63) is 65.5 Å². The van der Waals surface area contributed by atoms with Crippen molar-refractivity contribution in [2.45, 2.75) is 26.2 Å². The number of carbonyl (C=O) groups excluding carboxylic acids is 2. The SMILES string of the molecule is CCCCCNC(=O)c1ccc(C(=O)Nc2ccccc2F)cc1. The van der Waals surface area contributed by atoms with Crippen molar-refractivity contribution in [1.29, 1.82) is 0 Å². The summed E-state index contributed by atoms with van der Waals surface area (Å²) in [6, 6.07) is 12.3. The summed E-state index contributed by atoms with van der Waals surface area (Å²) in [4.78, 5) is 24.1. The summed E-state index contributed by atoms with van der Waals surface area (Å²) < 4.78 is 13.5. The maximum absolute atomic E-state index is 13.5. The van der Waals surface area contributed by atoms with Crippen molar-refractivity contribution >= 4 is 17.5 Å². The van der Waals surface area contributed by atoms with Crippen LogP contribution < -0.4 is 10.6 Å². The number of hydrogen-bond acceptors (Lipinski definition) is 2. The summed E-state index contributed by atoms with van der Waals surface area (Å²) in [5.41, 5.74) is 0.981. The van der Waals surface area contributed by atoms with Gasteiger partial charge in [-0.2, -0.15) is 0 Å². The number of para-hydroxylation sites is 1. The van der Waals surface area contributed by atoms with Crippen LogP contribution in [0, 0.1) is 5.82 Å². The van der Waals surface area contributed by atoms with Crippen LogP contribution in [0.15, 0.2) is 48.5 Å². The van der Waals surface area contributed by atoms with Crippen LogP contribution in [0.2, 0.25) is 0 Å². The average Bonchev–Trinajstić information content (AvgIpc) is 2.60. The molecule has 0 aromatic heterocycles. The van der Waals surface area contributed by atoms with E-state index in [2.05, 4.69) is 17.6 Å². The molecule has 0 heterocycles. The van der Waals surface area contributed by atoms with Crippen molar-refractivity contribution in [2.75, 3.05) is 11.9 Å². The predicted molar refractivity (Wildman–Crippen MR) is 92.7 cm³/mol. The Balaban J connectivity index is 1.95. The fraction of sp³-hybridized carbons (Fsp3) is 0.263. The van der Waals surface area contributed by atoms with Crippen LogP contribution in [-0.2, 0) is 0 Å². The van der Waals surface area contributed by atoms with Crippen LogP contribution in [-0.4, -0.2) is 18.4 Å². The van der Waals surface area contributed by atoms with Crippen LogP contribution in [0.4, 0.5) is 10.1 Å². The highest BCUT2D eigenvalue weighted by Crippen LogP contribution is 2.14. The normalized spacial score (nSPS) is 10.2. The zero-order valence-corrected chi connectivity index (χ0v) is 13.6. The Kier molecular flexibility index (Phi) is 6.49. The average molecular weight is 328 g/mol. The summed E-state index contributed by atoms with van der Waals surface area (Å²) in [5, 5.41) is 5.35. The quantitative estimate of drug-likeness (QED) is 0.755.